The van der Waals surface area contributed by atoms with Crippen LogP contribution in [0.5, 0.6) is 0 Å². The van der Waals surface area contributed by atoms with Crippen molar-refractivity contribution in [3.63, 3.8) is 0 Å². The minimum Gasteiger partial charge on any atom is -0.474 e. The first kappa shape index (κ1) is 12.0. The Morgan fingerprint density at radius 1 is 1.33 bits per heavy atom. The van der Waals surface area contributed by atoms with Crippen molar-refractivity contribution in [3.8, 4) is 0 Å². The average molecular weight is 213 g/mol. The Hall–Kier alpha value is -1.06. The van der Waals surface area contributed by atoms with Crippen LogP contribution in [0.1, 0.15) is 39.0 Å². The number of hydrogen-bond donors (Lipinski definition) is 1. The molecule has 0 aromatic heterocycles. The van der Waals surface area contributed by atoms with Crippen LogP contribution in [0.3, 0.4) is 0 Å². The lowest BCUT2D eigenvalue weighted by Gasteiger charge is -2.17. The monoisotopic (exact) mass is 213 g/mol. The lowest BCUT2D eigenvalue weighted by Crippen LogP contribution is -2.37. The van der Waals surface area contributed by atoms with Gasteiger partial charge in [-0.2, -0.15) is 0 Å². The van der Waals surface area contributed by atoms with Crippen LogP contribution in [0.4, 0.5) is 0 Å². The third-order valence-electron chi connectivity index (χ3n) is 3.01. The number of aliphatic carboxylic acids is 1. The fourth-order valence-corrected chi connectivity index (χ4v) is 2.20. The molecule has 4 nitrogen and oxygen atoms in total. The maximum absolute atomic E-state index is 11.2. The van der Waals surface area contributed by atoms with Crippen LogP contribution in [0.15, 0.2) is 0 Å². The van der Waals surface area contributed by atoms with Gasteiger partial charge in [-0.1, -0.05) is 19.8 Å². The van der Waals surface area contributed by atoms with Gasteiger partial charge in [-0.25, -0.2) is 4.79 Å². The van der Waals surface area contributed by atoms with Gasteiger partial charge in [0.25, 0.3) is 0 Å². The summed E-state index contributed by atoms with van der Waals surface area (Å²) in [6.07, 6.45) is 5.36. The highest BCUT2D eigenvalue weighted by molar-refractivity contribution is 6.31. The summed E-state index contributed by atoms with van der Waals surface area (Å²) in [4.78, 5) is 23.2. The number of carbonyl (C=O) groups excluding carboxylic acids is 1. The van der Waals surface area contributed by atoms with E-state index >= 15 is 0 Å². The molecule has 1 unspecified atom stereocenters. The average Bonchev–Trinajstić information content (AvgIpc) is 2.43. The minimum atomic E-state index is -1.33. The number of likely N-dealkylation sites (tertiary alicyclic amines) is 1. The van der Waals surface area contributed by atoms with Crippen LogP contribution >= 0.6 is 0 Å². The summed E-state index contributed by atoms with van der Waals surface area (Å²) in [5.41, 5.74) is 0. The standard InChI is InChI=1S/C11H19NO3/c1-2-4-9-5-3-7-12(8-6-9)10(13)11(14)15/h9H,2-8H2,1H3,(H,14,15). The molecule has 0 spiro atoms. The fraction of sp³-hybridized carbons (Fsp3) is 0.818. The zero-order chi connectivity index (χ0) is 11.3. The second-order valence-electron chi connectivity index (χ2n) is 4.18. The predicted octanol–water partition coefficient (Wildman–Crippen LogP) is 1.50. The van der Waals surface area contributed by atoms with Crippen molar-refractivity contribution in [1.29, 1.82) is 0 Å². The molecule has 1 amide bonds. The lowest BCUT2D eigenvalue weighted by atomic mass is 9.96. The van der Waals surface area contributed by atoms with Crippen molar-refractivity contribution in [2.45, 2.75) is 39.0 Å². The second-order valence-corrected chi connectivity index (χ2v) is 4.18. The summed E-state index contributed by atoms with van der Waals surface area (Å²) in [6.45, 7) is 3.37. The molecule has 0 aliphatic carbocycles. The van der Waals surface area contributed by atoms with E-state index in [1.54, 1.807) is 0 Å². The molecule has 1 rings (SSSR count). The van der Waals surface area contributed by atoms with Gasteiger partial charge in [-0.15, -0.1) is 0 Å². The van der Waals surface area contributed by atoms with E-state index in [1.807, 2.05) is 0 Å². The number of carbonyl (C=O) groups is 2. The fourth-order valence-electron chi connectivity index (χ4n) is 2.20. The molecule has 0 saturated carbocycles. The molecule has 1 atom stereocenters. The van der Waals surface area contributed by atoms with Crippen molar-refractivity contribution < 1.29 is 14.7 Å². The molecule has 15 heavy (non-hydrogen) atoms. The third-order valence-corrected chi connectivity index (χ3v) is 3.01. The molecule has 1 heterocycles. The summed E-state index contributed by atoms with van der Waals surface area (Å²) < 4.78 is 0. The lowest BCUT2D eigenvalue weighted by molar-refractivity contribution is -0.155. The molecule has 0 aromatic rings. The highest BCUT2D eigenvalue weighted by Gasteiger charge is 2.24. The Bertz CT molecular complexity index is 240. The minimum absolute atomic E-state index is 0.603. The van der Waals surface area contributed by atoms with E-state index in [0.717, 1.165) is 25.7 Å². The predicted molar refractivity (Wildman–Crippen MR) is 56.5 cm³/mol. The molecular weight excluding hydrogens is 194 g/mol. The first-order chi connectivity index (χ1) is 7.15. The molecule has 86 valence electrons. The first-order valence-electron chi connectivity index (χ1n) is 5.67. The van der Waals surface area contributed by atoms with Crippen molar-refractivity contribution in [3.05, 3.63) is 0 Å². The Morgan fingerprint density at radius 3 is 2.67 bits per heavy atom. The van der Waals surface area contributed by atoms with Gasteiger partial charge in [0.2, 0.25) is 0 Å². The van der Waals surface area contributed by atoms with Crippen LogP contribution < -0.4 is 0 Å². The highest BCUT2D eigenvalue weighted by atomic mass is 16.4. The van der Waals surface area contributed by atoms with Crippen molar-refractivity contribution in [2.75, 3.05) is 13.1 Å². The van der Waals surface area contributed by atoms with Crippen molar-refractivity contribution in [1.82, 2.24) is 4.90 Å². The second kappa shape index (κ2) is 5.73. The first-order valence-corrected chi connectivity index (χ1v) is 5.67. The van der Waals surface area contributed by atoms with Crippen molar-refractivity contribution >= 4 is 11.9 Å². The van der Waals surface area contributed by atoms with Crippen molar-refractivity contribution in [2.24, 2.45) is 5.92 Å². The largest absolute Gasteiger partial charge is 0.474 e. The molecule has 0 bridgehead atoms. The van der Waals surface area contributed by atoms with E-state index in [1.165, 1.54) is 11.3 Å². The van der Waals surface area contributed by atoms with E-state index in [4.69, 9.17) is 5.11 Å². The van der Waals surface area contributed by atoms with Gasteiger partial charge in [0, 0.05) is 13.1 Å². The van der Waals surface area contributed by atoms with Gasteiger partial charge in [-0.05, 0) is 25.2 Å². The summed E-state index contributed by atoms with van der Waals surface area (Å²) in [6, 6.07) is 0. The Morgan fingerprint density at radius 2 is 2.07 bits per heavy atom. The number of hydrogen-bond acceptors (Lipinski definition) is 2. The topological polar surface area (TPSA) is 57.6 Å². The maximum Gasteiger partial charge on any atom is 0.394 e. The molecular formula is C11H19NO3. The van der Waals surface area contributed by atoms with E-state index in [9.17, 15) is 9.59 Å². The van der Waals surface area contributed by atoms with Crippen LogP contribution in [0.25, 0.3) is 0 Å². The summed E-state index contributed by atoms with van der Waals surface area (Å²) >= 11 is 0. The van der Waals surface area contributed by atoms with E-state index in [2.05, 4.69) is 6.92 Å². The van der Waals surface area contributed by atoms with Gasteiger partial charge in [0.1, 0.15) is 0 Å². The van der Waals surface area contributed by atoms with E-state index < -0.39 is 11.9 Å². The Kier molecular flexibility index (Phi) is 4.59. The maximum atomic E-state index is 11.2. The number of amides is 1. The van der Waals surface area contributed by atoms with Crippen LogP contribution in [-0.2, 0) is 9.59 Å². The quantitative estimate of drug-likeness (QED) is 0.707. The smallest absolute Gasteiger partial charge is 0.394 e. The molecule has 0 radical (unpaired) electrons. The third kappa shape index (κ3) is 3.53. The van der Waals surface area contributed by atoms with Gasteiger partial charge in [0.15, 0.2) is 0 Å². The Balaban J connectivity index is 2.45. The van der Waals surface area contributed by atoms with Crippen LogP contribution in [0.2, 0.25) is 0 Å². The number of rotatable bonds is 2. The molecule has 1 aliphatic rings. The van der Waals surface area contributed by atoms with Gasteiger partial charge in [0.05, 0.1) is 0 Å². The van der Waals surface area contributed by atoms with Gasteiger partial charge < -0.3 is 10.0 Å². The molecule has 4 heteroatoms. The molecule has 1 saturated heterocycles. The molecule has 0 aromatic carbocycles. The van der Waals surface area contributed by atoms with E-state index in [-0.39, 0.29) is 0 Å². The number of carboxylic acids is 1. The normalized spacial score (nSPS) is 22.2. The number of nitrogens with zero attached hydrogens (tertiary/aromatic N) is 1. The van der Waals surface area contributed by atoms with Gasteiger partial charge >= 0.3 is 11.9 Å². The molecule has 1 N–H and O–H groups in total. The summed E-state index contributed by atoms with van der Waals surface area (Å²) in [5, 5.41) is 8.60. The molecule has 1 aliphatic heterocycles. The molecule has 1 fully saturated rings. The Labute approximate surface area is 90.3 Å². The van der Waals surface area contributed by atoms with E-state index in [0.29, 0.717) is 19.0 Å². The SMILES string of the molecule is CCCC1CCCN(C(=O)C(=O)O)CC1. The number of carboxylic acid groups (broad SMARTS) is 1. The van der Waals surface area contributed by atoms with Gasteiger partial charge in [-0.3, -0.25) is 4.79 Å². The zero-order valence-corrected chi connectivity index (χ0v) is 9.24. The van der Waals surface area contributed by atoms with Crippen LogP contribution in [0, 0.1) is 5.92 Å². The highest BCUT2D eigenvalue weighted by Crippen LogP contribution is 2.21. The van der Waals surface area contributed by atoms with Crippen LogP contribution in [-0.4, -0.2) is 35.0 Å². The zero-order valence-electron chi connectivity index (χ0n) is 9.24. The summed E-state index contributed by atoms with van der Waals surface area (Å²) in [5.74, 6) is -1.40. The summed E-state index contributed by atoms with van der Waals surface area (Å²) in [7, 11) is 0.